The number of aryl methyl sites for hydroxylation is 2. The fourth-order valence-corrected chi connectivity index (χ4v) is 4.55. The highest BCUT2D eigenvalue weighted by Crippen LogP contribution is 2.43. The van der Waals surface area contributed by atoms with E-state index in [-0.39, 0.29) is 0 Å². The number of aromatic nitrogens is 4. The topological polar surface area (TPSA) is 86.7 Å². The van der Waals surface area contributed by atoms with Gasteiger partial charge in [0.05, 0.1) is 27.6 Å². The van der Waals surface area contributed by atoms with Gasteiger partial charge in [-0.3, -0.25) is 9.78 Å². The summed E-state index contributed by atoms with van der Waals surface area (Å²) in [5.74, 6) is 0. The molecule has 4 aromatic rings. The summed E-state index contributed by atoms with van der Waals surface area (Å²) in [6.07, 6.45) is 4.40. The van der Waals surface area contributed by atoms with Crippen LogP contribution in [0.15, 0.2) is 42.6 Å². The molecule has 28 heavy (non-hydrogen) atoms. The number of fused-ring (bicyclic) bond motifs is 3. The van der Waals surface area contributed by atoms with E-state index in [1.165, 1.54) is 16.9 Å². The molecule has 3 heterocycles. The largest absolute Gasteiger partial charge is 0.375 e. The van der Waals surface area contributed by atoms with Crippen LogP contribution >= 0.6 is 11.3 Å². The Labute approximate surface area is 165 Å². The minimum atomic E-state index is 0.570. The van der Waals surface area contributed by atoms with E-state index in [0.717, 1.165) is 58.0 Å². The van der Waals surface area contributed by atoms with Gasteiger partial charge < -0.3 is 5.73 Å². The fourth-order valence-electron chi connectivity index (χ4n) is 3.61. The van der Waals surface area contributed by atoms with Crippen molar-refractivity contribution >= 4 is 22.8 Å². The van der Waals surface area contributed by atoms with Crippen LogP contribution in [0.4, 0.5) is 5.13 Å². The standard InChI is InChI=1S/C21H17N5OS/c1-12-2-5-14(10-23-12)18-16-8-9-17-20(28-21(22)24-17)19(16)26(25-18)15-6-3-13(11-27)4-7-15/h2-7,10-11H,8-9H2,1H3,(H2,22,24). The van der Waals surface area contributed by atoms with Gasteiger partial charge >= 0.3 is 0 Å². The summed E-state index contributed by atoms with van der Waals surface area (Å²) >= 11 is 1.49. The molecule has 0 aliphatic heterocycles. The van der Waals surface area contributed by atoms with E-state index < -0.39 is 0 Å². The van der Waals surface area contributed by atoms with Gasteiger partial charge in [-0.2, -0.15) is 5.10 Å². The molecule has 3 aromatic heterocycles. The van der Waals surface area contributed by atoms with E-state index in [1.807, 2.05) is 36.0 Å². The second kappa shape index (κ2) is 6.38. The van der Waals surface area contributed by atoms with E-state index in [9.17, 15) is 4.79 Å². The number of thiazole rings is 1. The Hall–Kier alpha value is -3.32. The molecule has 0 saturated carbocycles. The minimum absolute atomic E-state index is 0.570. The van der Waals surface area contributed by atoms with Crippen molar-refractivity contribution in [2.24, 2.45) is 0 Å². The number of benzene rings is 1. The molecule has 1 aliphatic carbocycles. The van der Waals surface area contributed by atoms with Gasteiger partial charge in [0.2, 0.25) is 0 Å². The van der Waals surface area contributed by atoms with Gasteiger partial charge in [-0.1, -0.05) is 11.3 Å². The summed E-state index contributed by atoms with van der Waals surface area (Å²) in [6, 6.07) is 11.5. The molecule has 7 heteroatoms. The summed E-state index contributed by atoms with van der Waals surface area (Å²) in [6.45, 7) is 1.97. The highest BCUT2D eigenvalue weighted by Gasteiger charge is 2.29. The van der Waals surface area contributed by atoms with Crippen molar-refractivity contribution in [1.29, 1.82) is 0 Å². The van der Waals surface area contributed by atoms with Crippen LogP contribution in [0.5, 0.6) is 0 Å². The van der Waals surface area contributed by atoms with Gasteiger partial charge in [0, 0.05) is 28.6 Å². The molecular weight excluding hydrogens is 370 g/mol. The van der Waals surface area contributed by atoms with Gasteiger partial charge in [-0.05, 0) is 56.2 Å². The van der Waals surface area contributed by atoms with Crippen LogP contribution in [0.1, 0.15) is 27.3 Å². The summed E-state index contributed by atoms with van der Waals surface area (Å²) in [5.41, 5.74) is 13.7. The number of pyridine rings is 1. The molecule has 0 saturated heterocycles. The van der Waals surface area contributed by atoms with Crippen LogP contribution in [0.3, 0.4) is 0 Å². The minimum Gasteiger partial charge on any atom is -0.375 e. The van der Waals surface area contributed by atoms with Gasteiger partial charge in [-0.25, -0.2) is 9.67 Å². The third-order valence-corrected chi connectivity index (χ3v) is 5.92. The van der Waals surface area contributed by atoms with Crippen molar-refractivity contribution in [3.63, 3.8) is 0 Å². The number of carbonyl (C=O) groups is 1. The molecule has 0 amide bonds. The maximum atomic E-state index is 11.0. The number of nitrogen functional groups attached to an aromatic ring is 1. The molecule has 0 bridgehead atoms. The van der Waals surface area contributed by atoms with Crippen LogP contribution in [-0.4, -0.2) is 26.0 Å². The average molecular weight is 387 g/mol. The van der Waals surface area contributed by atoms with Gasteiger partial charge in [0.15, 0.2) is 5.13 Å². The highest BCUT2D eigenvalue weighted by molar-refractivity contribution is 7.18. The molecule has 0 spiro atoms. The monoisotopic (exact) mass is 387 g/mol. The highest BCUT2D eigenvalue weighted by atomic mass is 32.1. The Balaban J connectivity index is 1.76. The SMILES string of the molecule is Cc1ccc(-c2nn(-c3ccc(C=O)cc3)c3c2CCc2nc(N)sc2-3)cn1. The van der Waals surface area contributed by atoms with Crippen molar-refractivity contribution in [2.45, 2.75) is 19.8 Å². The molecule has 1 aromatic carbocycles. The van der Waals surface area contributed by atoms with Crippen molar-refractivity contribution in [2.75, 3.05) is 5.73 Å². The zero-order chi connectivity index (χ0) is 19.3. The predicted molar refractivity (Wildman–Crippen MR) is 110 cm³/mol. The molecule has 1 aliphatic rings. The lowest BCUT2D eigenvalue weighted by molar-refractivity contribution is 0.112. The molecule has 6 nitrogen and oxygen atoms in total. The molecule has 0 atom stereocenters. The van der Waals surface area contributed by atoms with Crippen molar-refractivity contribution in [3.8, 4) is 27.5 Å². The van der Waals surface area contributed by atoms with E-state index in [2.05, 4.69) is 16.0 Å². The van der Waals surface area contributed by atoms with Crippen LogP contribution in [0.2, 0.25) is 0 Å². The van der Waals surface area contributed by atoms with E-state index in [4.69, 9.17) is 10.8 Å². The normalized spacial score (nSPS) is 12.5. The Morgan fingerprint density at radius 1 is 1.14 bits per heavy atom. The summed E-state index contributed by atoms with van der Waals surface area (Å²) in [7, 11) is 0. The Bertz CT molecular complexity index is 1190. The molecule has 0 radical (unpaired) electrons. The smallest absolute Gasteiger partial charge is 0.180 e. The number of hydrogen-bond donors (Lipinski definition) is 1. The Kier molecular flexibility index (Phi) is 3.84. The molecule has 138 valence electrons. The maximum Gasteiger partial charge on any atom is 0.180 e. The van der Waals surface area contributed by atoms with Crippen molar-refractivity contribution in [3.05, 3.63) is 65.1 Å². The number of carbonyl (C=O) groups excluding carboxylic acids is 1. The maximum absolute atomic E-state index is 11.0. The number of aldehydes is 1. The molecule has 0 fully saturated rings. The first kappa shape index (κ1) is 16.8. The Morgan fingerprint density at radius 2 is 1.96 bits per heavy atom. The molecule has 5 rings (SSSR count). The lowest BCUT2D eigenvalue weighted by atomic mass is 9.95. The number of nitrogens with two attached hydrogens (primary N) is 1. The van der Waals surface area contributed by atoms with Crippen LogP contribution in [-0.2, 0) is 12.8 Å². The average Bonchev–Trinajstić information content (AvgIpc) is 3.28. The Morgan fingerprint density at radius 3 is 2.68 bits per heavy atom. The van der Waals surface area contributed by atoms with Gasteiger partial charge in [0.1, 0.15) is 6.29 Å². The van der Waals surface area contributed by atoms with Crippen molar-refractivity contribution < 1.29 is 4.79 Å². The number of rotatable bonds is 3. The zero-order valence-electron chi connectivity index (χ0n) is 15.2. The van der Waals surface area contributed by atoms with Crippen LogP contribution in [0.25, 0.3) is 27.5 Å². The third-order valence-electron chi connectivity index (χ3n) is 4.98. The van der Waals surface area contributed by atoms with Crippen molar-refractivity contribution in [1.82, 2.24) is 19.7 Å². The van der Waals surface area contributed by atoms with E-state index in [0.29, 0.717) is 10.7 Å². The quantitative estimate of drug-likeness (QED) is 0.540. The zero-order valence-corrected chi connectivity index (χ0v) is 16.0. The second-order valence-corrected chi connectivity index (χ2v) is 7.84. The summed E-state index contributed by atoms with van der Waals surface area (Å²) in [5, 5.41) is 5.52. The molecule has 0 unspecified atom stereocenters. The van der Waals surface area contributed by atoms with Gasteiger partial charge in [-0.15, -0.1) is 0 Å². The second-order valence-electron chi connectivity index (χ2n) is 6.81. The molecule has 2 N–H and O–H groups in total. The first-order valence-corrected chi connectivity index (χ1v) is 9.82. The first-order valence-electron chi connectivity index (χ1n) is 9.00. The first-order chi connectivity index (χ1) is 13.6. The van der Waals surface area contributed by atoms with Crippen LogP contribution < -0.4 is 5.73 Å². The molecular formula is C21H17N5OS. The number of hydrogen-bond acceptors (Lipinski definition) is 6. The number of anilines is 1. The predicted octanol–water partition coefficient (Wildman–Crippen LogP) is 3.86. The fraction of sp³-hybridized carbons (Fsp3) is 0.143. The summed E-state index contributed by atoms with van der Waals surface area (Å²) < 4.78 is 1.94. The third kappa shape index (κ3) is 2.63. The van der Waals surface area contributed by atoms with E-state index in [1.54, 1.807) is 12.1 Å². The summed E-state index contributed by atoms with van der Waals surface area (Å²) in [4.78, 5) is 21.0. The lowest BCUT2D eigenvalue weighted by Crippen LogP contribution is -2.06. The van der Waals surface area contributed by atoms with E-state index >= 15 is 0 Å². The van der Waals surface area contributed by atoms with Gasteiger partial charge in [0.25, 0.3) is 0 Å². The van der Waals surface area contributed by atoms with Crippen LogP contribution in [0, 0.1) is 6.92 Å². The lowest BCUT2D eigenvalue weighted by Gasteiger charge is -2.14. The number of nitrogens with zero attached hydrogens (tertiary/aromatic N) is 4.